The zero-order chi connectivity index (χ0) is 14.6. The van der Waals surface area contributed by atoms with Gasteiger partial charge in [-0.15, -0.1) is 0 Å². The highest BCUT2D eigenvalue weighted by atomic mass is 16.6. The number of carbonyl (C=O) groups excluding carboxylic acids is 1. The molecule has 1 aliphatic rings. The molecule has 1 heterocycles. The monoisotopic (exact) mass is 258 g/mol. The van der Waals surface area contributed by atoms with Crippen LogP contribution in [0, 0.1) is 10.8 Å². The lowest BCUT2D eigenvalue weighted by atomic mass is 9.66. The average Bonchev–Trinajstić information content (AvgIpc) is 2.39. The minimum absolute atomic E-state index is 0.235. The number of aliphatic carboxylic acids is 1. The van der Waals surface area contributed by atoms with Crippen LogP contribution in [0.25, 0.3) is 0 Å². The molecule has 2 N–H and O–H groups in total. The molecule has 0 unspecified atom stereocenters. The Labute approximate surface area is 107 Å². The van der Waals surface area contributed by atoms with E-state index in [0.717, 1.165) is 0 Å². The van der Waals surface area contributed by atoms with Crippen LogP contribution in [0.5, 0.6) is 0 Å². The van der Waals surface area contributed by atoms with Crippen LogP contribution in [0.1, 0.15) is 48.0 Å². The first-order valence-corrected chi connectivity index (χ1v) is 5.97. The number of hydrogen-bond donors (Lipinski definition) is 2. The van der Waals surface area contributed by atoms with Crippen molar-refractivity contribution in [1.82, 2.24) is 0 Å². The molecule has 0 amide bonds. The smallest absolute Gasteiger partial charge is 0.348 e. The molecule has 0 aromatic rings. The highest BCUT2D eigenvalue weighted by Crippen LogP contribution is 2.51. The Morgan fingerprint density at radius 2 is 1.61 bits per heavy atom. The van der Waals surface area contributed by atoms with Gasteiger partial charge in [0.2, 0.25) is 5.60 Å². The van der Waals surface area contributed by atoms with Gasteiger partial charge in [0.15, 0.2) is 5.60 Å². The lowest BCUT2D eigenvalue weighted by molar-refractivity contribution is -0.183. The van der Waals surface area contributed by atoms with E-state index < -0.39 is 34.0 Å². The van der Waals surface area contributed by atoms with Crippen LogP contribution in [0.2, 0.25) is 0 Å². The molecule has 1 fully saturated rings. The topological polar surface area (TPSA) is 83.8 Å². The van der Waals surface area contributed by atoms with Crippen molar-refractivity contribution in [2.45, 2.75) is 59.2 Å². The van der Waals surface area contributed by atoms with Crippen LogP contribution < -0.4 is 0 Å². The van der Waals surface area contributed by atoms with Crippen LogP contribution in [0.4, 0.5) is 0 Å². The summed E-state index contributed by atoms with van der Waals surface area (Å²) in [6.07, 6.45) is -0.235. The summed E-state index contributed by atoms with van der Waals surface area (Å²) in [5.41, 5.74) is -5.05. The fourth-order valence-corrected chi connectivity index (χ4v) is 2.14. The maximum Gasteiger partial charge on any atom is 0.348 e. The second kappa shape index (κ2) is 3.70. The van der Waals surface area contributed by atoms with E-state index >= 15 is 0 Å². The van der Waals surface area contributed by atoms with Crippen LogP contribution >= 0.6 is 0 Å². The van der Waals surface area contributed by atoms with Crippen molar-refractivity contribution in [1.29, 1.82) is 0 Å². The van der Waals surface area contributed by atoms with E-state index in [4.69, 9.17) is 4.74 Å². The molecular formula is C13H22O5. The second-order valence-corrected chi connectivity index (χ2v) is 7.06. The summed E-state index contributed by atoms with van der Waals surface area (Å²) < 4.78 is 5.13. The Morgan fingerprint density at radius 3 is 1.78 bits per heavy atom. The van der Waals surface area contributed by atoms with Gasteiger partial charge in [0.05, 0.1) is 0 Å². The fourth-order valence-electron chi connectivity index (χ4n) is 2.14. The first-order valence-electron chi connectivity index (χ1n) is 5.97. The molecule has 0 aliphatic carbocycles. The molecule has 2 atom stereocenters. The summed E-state index contributed by atoms with van der Waals surface area (Å²) in [5, 5.41) is 19.9. The van der Waals surface area contributed by atoms with Crippen molar-refractivity contribution in [3.05, 3.63) is 0 Å². The largest absolute Gasteiger partial charge is 0.478 e. The summed E-state index contributed by atoms with van der Waals surface area (Å²) >= 11 is 0. The van der Waals surface area contributed by atoms with Gasteiger partial charge in [-0.05, 0) is 0 Å². The summed E-state index contributed by atoms with van der Waals surface area (Å²) in [6.45, 7) is 10.1. The number of carboxylic acids is 1. The molecular weight excluding hydrogens is 236 g/mol. The molecule has 0 aromatic carbocycles. The van der Waals surface area contributed by atoms with Crippen molar-refractivity contribution < 1.29 is 24.5 Å². The maximum absolute atomic E-state index is 12.0. The number of hydrogen-bond acceptors (Lipinski definition) is 4. The number of rotatable bonds is 1. The zero-order valence-electron chi connectivity index (χ0n) is 11.8. The van der Waals surface area contributed by atoms with Gasteiger partial charge in [-0.25, -0.2) is 9.59 Å². The van der Waals surface area contributed by atoms with Crippen LogP contribution in [0.15, 0.2) is 0 Å². The lowest BCUT2D eigenvalue weighted by Gasteiger charge is -2.38. The average molecular weight is 258 g/mol. The Kier molecular flexibility index (Phi) is 3.07. The molecule has 18 heavy (non-hydrogen) atoms. The second-order valence-electron chi connectivity index (χ2n) is 7.06. The third-order valence-corrected chi connectivity index (χ3v) is 3.91. The van der Waals surface area contributed by atoms with Gasteiger partial charge in [-0.3, -0.25) is 0 Å². The van der Waals surface area contributed by atoms with Crippen LogP contribution in [-0.4, -0.2) is 33.4 Å². The highest BCUT2D eigenvalue weighted by Gasteiger charge is 2.68. The third kappa shape index (κ3) is 1.81. The molecule has 104 valence electrons. The van der Waals surface area contributed by atoms with E-state index in [1.807, 2.05) is 0 Å². The van der Waals surface area contributed by atoms with Gasteiger partial charge in [-0.2, -0.15) is 0 Å². The predicted octanol–water partition coefficient (Wildman–Crippen LogP) is 1.58. The van der Waals surface area contributed by atoms with Gasteiger partial charge >= 0.3 is 11.9 Å². The van der Waals surface area contributed by atoms with Crippen LogP contribution in [0.3, 0.4) is 0 Å². The summed E-state index contributed by atoms with van der Waals surface area (Å²) in [4.78, 5) is 23.5. The minimum Gasteiger partial charge on any atom is -0.478 e. The minimum atomic E-state index is -1.78. The van der Waals surface area contributed by atoms with Gasteiger partial charge in [0.25, 0.3) is 0 Å². The maximum atomic E-state index is 12.0. The van der Waals surface area contributed by atoms with Crippen molar-refractivity contribution in [2.24, 2.45) is 10.8 Å². The van der Waals surface area contributed by atoms with Crippen molar-refractivity contribution >= 4 is 11.9 Å². The van der Waals surface area contributed by atoms with Gasteiger partial charge in [0, 0.05) is 17.3 Å². The van der Waals surface area contributed by atoms with Crippen molar-refractivity contribution in [2.75, 3.05) is 0 Å². The van der Waals surface area contributed by atoms with Gasteiger partial charge < -0.3 is 14.9 Å². The van der Waals surface area contributed by atoms with Crippen molar-refractivity contribution in [3.8, 4) is 0 Å². The molecule has 0 spiro atoms. The highest BCUT2D eigenvalue weighted by molar-refractivity contribution is 5.91. The molecule has 1 saturated heterocycles. The lowest BCUT2D eigenvalue weighted by Crippen LogP contribution is -2.52. The summed E-state index contributed by atoms with van der Waals surface area (Å²) in [7, 11) is 0. The van der Waals surface area contributed by atoms with E-state index in [9.17, 15) is 19.8 Å². The normalized spacial score (nSPS) is 33.4. The molecule has 1 rings (SSSR count). The molecule has 5 heteroatoms. The number of cyclic esters (lactones) is 1. The quantitative estimate of drug-likeness (QED) is 0.698. The van der Waals surface area contributed by atoms with Gasteiger partial charge in [-0.1, -0.05) is 41.5 Å². The van der Waals surface area contributed by atoms with E-state index in [2.05, 4.69) is 0 Å². The number of ether oxygens (including phenoxy) is 1. The van der Waals surface area contributed by atoms with E-state index in [0.29, 0.717) is 0 Å². The Bertz CT molecular complexity index is 387. The van der Waals surface area contributed by atoms with E-state index in [1.165, 1.54) is 0 Å². The first-order chi connectivity index (χ1) is 7.78. The Morgan fingerprint density at radius 1 is 1.17 bits per heavy atom. The number of carbonyl (C=O) groups is 2. The molecule has 1 aliphatic heterocycles. The standard InChI is InChI=1S/C13H22O5/c1-10(2,3)12(17)7-13(8(14)15,11(4,5)6)18-9(12)16/h17H,7H2,1-6H3,(H,14,15)/t12-,13+/m1/s1. The molecule has 0 aromatic heterocycles. The zero-order valence-corrected chi connectivity index (χ0v) is 11.8. The number of aliphatic hydroxyl groups is 1. The van der Waals surface area contributed by atoms with Crippen LogP contribution in [-0.2, 0) is 14.3 Å². The summed E-state index contributed by atoms with van der Waals surface area (Å²) in [5.74, 6) is -2.07. The predicted molar refractivity (Wildman–Crippen MR) is 64.9 cm³/mol. The number of esters is 1. The molecule has 0 bridgehead atoms. The number of carboxylic acid groups (broad SMARTS) is 1. The Balaban J connectivity index is 3.34. The Hall–Kier alpha value is -1.10. The molecule has 5 nitrogen and oxygen atoms in total. The SMILES string of the molecule is CC(C)(C)[C@@]1(O)C[C@](C(=O)O)(C(C)(C)C)OC1=O. The van der Waals surface area contributed by atoms with Crippen molar-refractivity contribution in [3.63, 3.8) is 0 Å². The molecule has 0 radical (unpaired) electrons. The summed E-state index contributed by atoms with van der Waals surface area (Å²) in [6, 6.07) is 0. The third-order valence-electron chi connectivity index (χ3n) is 3.91. The van der Waals surface area contributed by atoms with E-state index in [1.54, 1.807) is 41.5 Å². The molecule has 0 saturated carbocycles. The first kappa shape index (κ1) is 15.0. The van der Waals surface area contributed by atoms with E-state index in [-0.39, 0.29) is 6.42 Å². The fraction of sp³-hybridized carbons (Fsp3) is 0.846. The van der Waals surface area contributed by atoms with Gasteiger partial charge in [0.1, 0.15) is 0 Å².